The Morgan fingerprint density at radius 3 is 2.38 bits per heavy atom. The molecule has 1 aliphatic carbocycles. The predicted octanol–water partition coefficient (Wildman–Crippen LogP) is 3.58. The third-order valence-electron chi connectivity index (χ3n) is 4.31. The molecule has 2 N–H and O–H groups in total. The molecule has 0 aromatic heterocycles. The van der Waals surface area contributed by atoms with E-state index in [1.807, 2.05) is 0 Å². The highest BCUT2D eigenvalue weighted by molar-refractivity contribution is 5.36. The van der Waals surface area contributed by atoms with Crippen molar-refractivity contribution in [3.63, 3.8) is 0 Å². The van der Waals surface area contributed by atoms with Crippen molar-refractivity contribution in [2.45, 2.75) is 57.4 Å². The zero-order chi connectivity index (χ0) is 12.0. The van der Waals surface area contributed by atoms with Gasteiger partial charge in [0.05, 0.1) is 0 Å². The minimum Gasteiger partial charge on any atom is -0.324 e. The number of benzene rings is 1. The molecule has 2 rings (SSSR count). The fraction of sp³-hybridized carbons (Fsp3) is 0.600. The van der Waals surface area contributed by atoms with Gasteiger partial charge in [0.1, 0.15) is 0 Å². The quantitative estimate of drug-likeness (QED) is 0.823. The van der Waals surface area contributed by atoms with Gasteiger partial charge in [0.15, 0.2) is 0 Å². The molecule has 0 bridgehead atoms. The molecule has 16 heavy (non-hydrogen) atoms. The van der Waals surface area contributed by atoms with Crippen LogP contribution in [-0.4, -0.2) is 5.54 Å². The molecule has 0 heterocycles. The van der Waals surface area contributed by atoms with Gasteiger partial charge in [-0.1, -0.05) is 52.0 Å². The van der Waals surface area contributed by atoms with E-state index < -0.39 is 0 Å². The van der Waals surface area contributed by atoms with E-state index in [1.54, 1.807) is 0 Å². The summed E-state index contributed by atoms with van der Waals surface area (Å²) in [6.45, 7) is 9.03. The number of nitrogens with two attached hydrogens (primary N) is 1. The van der Waals surface area contributed by atoms with Crippen molar-refractivity contribution in [2.24, 2.45) is 5.73 Å². The van der Waals surface area contributed by atoms with Gasteiger partial charge in [-0.05, 0) is 29.9 Å². The van der Waals surface area contributed by atoms with E-state index in [9.17, 15) is 0 Å². The lowest BCUT2D eigenvalue weighted by atomic mass is 9.75. The van der Waals surface area contributed by atoms with Crippen LogP contribution >= 0.6 is 0 Å². The summed E-state index contributed by atoms with van der Waals surface area (Å²) in [6, 6.07) is 8.93. The zero-order valence-electron chi connectivity index (χ0n) is 10.9. The normalized spacial score (nSPS) is 18.9. The molecule has 1 heteroatoms. The van der Waals surface area contributed by atoms with Crippen molar-refractivity contribution in [3.8, 4) is 0 Å². The molecular formula is C15H23N. The number of hydrogen-bond donors (Lipinski definition) is 1. The van der Waals surface area contributed by atoms with E-state index >= 15 is 0 Å². The van der Waals surface area contributed by atoms with Gasteiger partial charge in [0.25, 0.3) is 0 Å². The first-order chi connectivity index (χ1) is 7.37. The van der Waals surface area contributed by atoms with Gasteiger partial charge in [-0.25, -0.2) is 0 Å². The largest absolute Gasteiger partial charge is 0.324 e. The molecule has 1 aromatic carbocycles. The summed E-state index contributed by atoms with van der Waals surface area (Å²) in [5.74, 6) is 0.587. The van der Waals surface area contributed by atoms with Gasteiger partial charge < -0.3 is 5.73 Å². The molecule has 0 radical (unpaired) electrons. The summed E-state index contributed by atoms with van der Waals surface area (Å²) in [5, 5.41) is 0. The number of rotatable bonds is 3. The average molecular weight is 217 g/mol. The molecule has 0 atom stereocenters. The van der Waals surface area contributed by atoms with Crippen molar-refractivity contribution in [1.29, 1.82) is 0 Å². The van der Waals surface area contributed by atoms with Crippen molar-refractivity contribution in [3.05, 3.63) is 35.4 Å². The monoisotopic (exact) mass is 217 g/mol. The van der Waals surface area contributed by atoms with Gasteiger partial charge in [0.2, 0.25) is 0 Å². The summed E-state index contributed by atoms with van der Waals surface area (Å²) in [7, 11) is 0. The first kappa shape index (κ1) is 11.7. The van der Waals surface area contributed by atoms with Crippen LogP contribution in [0.2, 0.25) is 0 Å². The Labute approximate surface area is 99.0 Å². The maximum absolute atomic E-state index is 6.38. The van der Waals surface area contributed by atoms with Gasteiger partial charge in [0, 0.05) is 11.0 Å². The van der Waals surface area contributed by atoms with Crippen LogP contribution in [0, 0.1) is 0 Å². The molecular weight excluding hydrogens is 194 g/mol. The first-order valence-corrected chi connectivity index (χ1v) is 6.26. The Hall–Kier alpha value is -0.820. The second-order valence-corrected chi connectivity index (χ2v) is 6.06. The smallest absolute Gasteiger partial charge is 0.0248 e. The number of hydrogen-bond acceptors (Lipinski definition) is 1. The molecule has 0 unspecified atom stereocenters. The van der Waals surface area contributed by atoms with Crippen LogP contribution in [0.1, 0.15) is 57.6 Å². The fourth-order valence-corrected chi connectivity index (χ4v) is 2.33. The highest BCUT2D eigenvalue weighted by Gasteiger charge is 2.51. The Balaban J connectivity index is 2.36. The van der Waals surface area contributed by atoms with Crippen LogP contribution in [0.4, 0.5) is 0 Å². The van der Waals surface area contributed by atoms with Crippen LogP contribution in [0.25, 0.3) is 0 Å². The van der Waals surface area contributed by atoms with E-state index in [0.29, 0.717) is 5.92 Å². The first-order valence-electron chi connectivity index (χ1n) is 6.26. The third kappa shape index (κ3) is 1.78. The third-order valence-corrected chi connectivity index (χ3v) is 4.31. The van der Waals surface area contributed by atoms with Crippen molar-refractivity contribution in [1.82, 2.24) is 0 Å². The Kier molecular flexibility index (Phi) is 2.62. The zero-order valence-corrected chi connectivity index (χ0v) is 10.9. The summed E-state index contributed by atoms with van der Waals surface area (Å²) in [5.41, 5.74) is 9.31. The molecule has 0 spiro atoms. The maximum atomic E-state index is 6.38. The second kappa shape index (κ2) is 3.59. The molecule has 1 aromatic rings. The van der Waals surface area contributed by atoms with Crippen LogP contribution in [-0.2, 0) is 5.41 Å². The van der Waals surface area contributed by atoms with E-state index in [-0.39, 0.29) is 11.0 Å². The molecule has 0 saturated heterocycles. The lowest BCUT2D eigenvalue weighted by Gasteiger charge is -2.33. The van der Waals surface area contributed by atoms with E-state index in [1.165, 1.54) is 11.1 Å². The molecule has 0 amide bonds. The van der Waals surface area contributed by atoms with Crippen molar-refractivity contribution >= 4 is 0 Å². The van der Waals surface area contributed by atoms with E-state index in [4.69, 9.17) is 5.73 Å². The predicted molar refractivity (Wildman–Crippen MR) is 69.7 cm³/mol. The standard InChI is InChI=1S/C15H23N/c1-11(2)12-6-5-7-13(10-12)14(3,4)15(16)8-9-15/h5-7,10-11H,8-9,16H2,1-4H3. The fourth-order valence-electron chi connectivity index (χ4n) is 2.33. The molecule has 1 fully saturated rings. The molecule has 1 nitrogen and oxygen atoms in total. The average Bonchev–Trinajstić information content (AvgIpc) is 2.98. The summed E-state index contributed by atoms with van der Waals surface area (Å²) < 4.78 is 0. The molecule has 1 aliphatic rings. The highest BCUT2D eigenvalue weighted by Crippen LogP contribution is 2.49. The summed E-state index contributed by atoms with van der Waals surface area (Å²) in [6.07, 6.45) is 2.32. The SMILES string of the molecule is CC(C)c1cccc(C(C)(C)C2(N)CC2)c1. The lowest BCUT2D eigenvalue weighted by Crippen LogP contribution is -2.43. The van der Waals surface area contributed by atoms with Gasteiger partial charge in [-0.15, -0.1) is 0 Å². The van der Waals surface area contributed by atoms with E-state index in [2.05, 4.69) is 52.0 Å². The van der Waals surface area contributed by atoms with Crippen LogP contribution in [0.5, 0.6) is 0 Å². The van der Waals surface area contributed by atoms with E-state index in [0.717, 1.165) is 12.8 Å². The second-order valence-electron chi connectivity index (χ2n) is 6.06. The van der Waals surface area contributed by atoms with Crippen molar-refractivity contribution in [2.75, 3.05) is 0 Å². The Morgan fingerprint density at radius 2 is 1.88 bits per heavy atom. The van der Waals surface area contributed by atoms with Gasteiger partial charge in [-0.3, -0.25) is 0 Å². The Morgan fingerprint density at radius 1 is 1.25 bits per heavy atom. The van der Waals surface area contributed by atoms with Gasteiger partial charge >= 0.3 is 0 Å². The maximum Gasteiger partial charge on any atom is 0.0248 e. The van der Waals surface area contributed by atoms with Crippen LogP contribution < -0.4 is 5.73 Å². The molecule has 88 valence electrons. The topological polar surface area (TPSA) is 26.0 Å². The minimum absolute atomic E-state index is 0.0304. The lowest BCUT2D eigenvalue weighted by molar-refractivity contribution is 0.391. The highest BCUT2D eigenvalue weighted by atomic mass is 14.9. The summed E-state index contributed by atoms with van der Waals surface area (Å²) >= 11 is 0. The Bertz CT molecular complexity index is 386. The molecule has 0 aliphatic heterocycles. The summed E-state index contributed by atoms with van der Waals surface area (Å²) in [4.78, 5) is 0. The van der Waals surface area contributed by atoms with Crippen LogP contribution in [0.15, 0.2) is 24.3 Å². The minimum atomic E-state index is 0.0304. The van der Waals surface area contributed by atoms with Crippen molar-refractivity contribution < 1.29 is 0 Å². The molecule has 1 saturated carbocycles. The van der Waals surface area contributed by atoms with Gasteiger partial charge in [-0.2, -0.15) is 0 Å². The van der Waals surface area contributed by atoms with Crippen LogP contribution in [0.3, 0.4) is 0 Å².